The maximum Gasteiger partial charge on any atom is 0.248 e. The molecule has 0 aliphatic rings. The van der Waals surface area contributed by atoms with Crippen LogP contribution in [-0.4, -0.2) is 17.9 Å². The average Bonchev–Trinajstić information content (AvgIpc) is 2.37. The quantitative estimate of drug-likeness (QED) is 0.728. The second-order valence-electron chi connectivity index (χ2n) is 4.35. The molecule has 5 N–H and O–H groups in total. The van der Waals surface area contributed by atoms with Crippen molar-refractivity contribution in [1.82, 2.24) is 0 Å². The van der Waals surface area contributed by atoms with E-state index in [9.17, 15) is 9.59 Å². The number of carbonyl (C=O) groups is 2. The van der Waals surface area contributed by atoms with Gasteiger partial charge in [0.2, 0.25) is 11.8 Å². The minimum atomic E-state index is -0.563. The van der Waals surface area contributed by atoms with Gasteiger partial charge in [-0.1, -0.05) is 26.3 Å². The molecule has 5 heteroatoms. The third kappa shape index (κ3) is 3.56. The fraction of sp³-hybridized carbons (Fsp3) is 0.385. The average molecular weight is 249 g/mol. The minimum absolute atomic E-state index is 0.101. The number of primary amides is 1. The SMILES string of the molecule is CCC(C)[C@H](N)C(=O)Nc1cccc(C(N)=O)c1. The molecule has 18 heavy (non-hydrogen) atoms. The van der Waals surface area contributed by atoms with Crippen LogP contribution in [0.25, 0.3) is 0 Å². The number of amides is 2. The molecule has 0 saturated heterocycles. The summed E-state index contributed by atoms with van der Waals surface area (Å²) in [6.45, 7) is 3.90. The summed E-state index contributed by atoms with van der Waals surface area (Å²) in [5.41, 5.74) is 11.9. The molecule has 2 atom stereocenters. The van der Waals surface area contributed by atoms with Crippen LogP contribution in [0.2, 0.25) is 0 Å². The van der Waals surface area contributed by atoms with Crippen molar-refractivity contribution in [3.8, 4) is 0 Å². The van der Waals surface area contributed by atoms with Crippen LogP contribution in [-0.2, 0) is 4.79 Å². The number of nitrogens with one attached hydrogen (secondary N) is 1. The molecule has 1 rings (SSSR count). The highest BCUT2D eigenvalue weighted by atomic mass is 16.2. The Bertz CT molecular complexity index is 446. The molecule has 98 valence electrons. The lowest BCUT2D eigenvalue weighted by molar-refractivity contribution is -0.118. The number of benzene rings is 1. The van der Waals surface area contributed by atoms with Crippen LogP contribution in [0, 0.1) is 5.92 Å². The third-order valence-corrected chi connectivity index (χ3v) is 2.97. The van der Waals surface area contributed by atoms with Gasteiger partial charge in [0.1, 0.15) is 0 Å². The Morgan fingerprint density at radius 2 is 2.06 bits per heavy atom. The highest BCUT2D eigenvalue weighted by Gasteiger charge is 2.19. The summed E-state index contributed by atoms with van der Waals surface area (Å²) < 4.78 is 0. The van der Waals surface area contributed by atoms with E-state index < -0.39 is 11.9 Å². The van der Waals surface area contributed by atoms with Crippen molar-refractivity contribution in [2.75, 3.05) is 5.32 Å². The van der Waals surface area contributed by atoms with E-state index >= 15 is 0 Å². The summed E-state index contributed by atoms with van der Waals surface area (Å²) in [5, 5.41) is 2.68. The highest BCUT2D eigenvalue weighted by Crippen LogP contribution is 2.12. The van der Waals surface area contributed by atoms with Gasteiger partial charge in [-0.25, -0.2) is 0 Å². The molecule has 1 unspecified atom stereocenters. The van der Waals surface area contributed by atoms with Crippen LogP contribution < -0.4 is 16.8 Å². The standard InChI is InChI=1S/C13H19N3O2/c1-3-8(2)11(14)13(18)16-10-6-4-5-9(7-10)12(15)17/h4-8,11H,3,14H2,1-2H3,(H2,15,17)(H,16,18)/t8?,11-/m0/s1. The second-order valence-corrected chi connectivity index (χ2v) is 4.35. The van der Waals surface area contributed by atoms with Crippen LogP contribution in [0.1, 0.15) is 30.6 Å². The fourth-order valence-electron chi connectivity index (χ4n) is 1.49. The Hall–Kier alpha value is -1.88. The molecular formula is C13H19N3O2. The minimum Gasteiger partial charge on any atom is -0.366 e. The first-order valence-electron chi connectivity index (χ1n) is 5.92. The van der Waals surface area contributed by atoms with Crippen molar-refractivity contribution in [3.63, 3.8) is 0 Å². The number of anilines is 1. The lowest BCUT2D eigenvalue weighted by Gasteiger charge is -2.17. The molecular weight excluding hydrogens is 230 g/mol. The zero-order valence-corrected chi connectivity index (χ0v) is 10.6. The fourth-order valence-corrected chi connectivity index (χ4v) is 1.49. The molecule has 0 radical (unpaired) electrons. The van der Waals surface area contributed by atoms with E-state index in [-0.39, 0.29) is 11.8 Å². The van der Waals surface area contributed by atoms with Gasteiger partial charge in [0.25, 0.3) is 0 Å². The third-order valence-electron chi connectivity index (χ3n) is 2.97. The smallest absolute Gasteiger partial charge is 0.248 e. The van der Waals surface area contributed by atoms with Crippen LogP contribution >= 0.6 is 0 Å². The Balaban J connectivity index is 2.76. The first kappa shape index (κ1) is 14.2. The zero-order valence-electron chi connectivity index (χ0n) is 10.6. The lowest BCUT2D eigenvalue weighted by Crippen LogP contribution is -2.40. The summed E-state index contributed by atoms with van der Waals surface area (Å²) in [4.78, 5) is 22.9. The summed E-state index contributed by atoms with van der Waals surface area (Å²) in [5.74, 6) is -0.687. The van der Waals surface area contributed by atoms with Crippen molar-refractivity contribution in [3.05, 3.63) is 29.8 Å². The van der Waals surface area contributed by atoms with E-state index in [0.29, 0.717) is 11.3 Å². The van der Waals surface area contributed by atoms with Gasteiger partial charge in [0, 0.05) is 11.3 Å². The van der Waals surface area contributed by atoms with Crippen LogP contribution in [0.4, 0.5) is 5.69 Å². The van der Waals surface area contributed by atoms with Crippen molar-refractivity contribution in [1.29, 1.82) is 0 Å². The second kappa shape index (κ2) is 6.16. The topological polar surface area (TPSA) is 98.2 Å². The van der Waals surface area contributed by atoms with Crippen molar-refractivity contribution in [2.24, 2.45) is 17.4 Å². The first-order chi connectivity index (χ1) is 8.45. The summed E-state index contributed by atoms with van der Waals surface area (Å²) in [7, 11) is 0. The predicted octanol–water partition coefficient (Wildman–Crippen LogP) is 1.10. The molecule has 0 spiro atoms. The van der Waals surface area contributed by atoms with Gasteiger partial charge in [-0.2, -0.15) is 0 Å². The van der Waals surface area contributed by atoms with E-state index in [1.807, 2.05) is 13.8 Å². The Morgan fingerprint density at radius 3 is 2.61 bits per heavy atom. The summed E-state index contributed by atoms with van der Waals surface area (Å²) in [6, 6.07) is 5.90. The van der Waals surface area contributed by atoms with Gasteiger partial charge in [-0.15, -0.1) is 0 Å². The Kier molecular flexibility index (Phi) is 4.85. The lowest BCUT2D eigenvalue weighted by atomic mass is 9.99. The van der Waals surface area contributed by atoms with Crippen LogP contribution in [0.15, 0.2) is 24.3 Å². The predicted molar refractivity (Wildman–Crippen MR) is 71.0 cm³/mol. The van der Waals surface area contributed by atoms with E-state index in [0.717, 1.165) is 6.42 Å². The monoisotopic (exact) mass is 249 g/mol. The molecule has 0 aliphatic carbocycles. The zero-order chi connectivity index (χ0) is 13.7. The van der Waals surface area contributed by atoms with Crippen molar-refractivity contribution >= 4 is 17.5 Å². The number of nitrogens with two attached hydrogens (primary N) is 2. The van der Waals surface area contributed by atoms with Gasteiger partial charge >= 0.3 is 0 Å². The van der Waals surface area contributed by atoms with Gasteiger partial charge in [0.15, 0.2) is 0 Å². The highest BCUT2D eigenvalue weighted by molar-refractivity contribution is 5.97. The number of hydrogen-bond acceptors (Lipinski definition) is 3. The van der Waals surface area contributed by atoms with Gasteiger partial charge in [-0.3, -0.25) is 9.59 Å². The van der Waals surface area contributed by atoms with E-state index in [2.05, 4.69) is 5.32 Å². The Labute approximate surface area is 107 Å². The molecule has 0 heterocycles. The molecule has 0 saturated carbocycles. The number of carbonyl (C=O) groups excluding carboxylic acids is 2. The number of hydrogen-bond donors (Lipinski definition) is 3. The number of rotatable bonds is 5. The normalized spacial score (nSPS) is 13.7. The van der Waals surface area contributed by atoms with Gasteiger partial charge in [-0.05, 0) is 24.1 Å². The summed E-state index contributed by atoms with van der Waals surface area (Å²) >= 11 is 0. The van der Waals surface area contributed by atoms with E-state index in [1.165, 1.54) is 6.07 Å². The van der Waals surface area contributed by atoms with Gasteiger partial charge in [0.05, 0.1) is 6.04 Å². The molecule has 0 fully saturated rings. The van der Waals surface area contributed by atoms with Crippen LogP contribution in [0.3, 0.4) is 0 Å². The van der Waals surface area contributed by atoms with E-state index in [4.69, 9.17) is 11.5 Å². The van der Waals surface area contributed by atoms with Gasteiger partial charge < -0.3 is 16.8 Å². The summed E-state index contributed by atoms with van der Waals surface area (Å²) in [6.07, 6.45) is 0.829. The first-order valence-corrected chi connectivity index (χ1v) is 5.92. The maximum atomic E-state index is 11.8. The van der Waals surface area contributed by atoms with Crippen molar-refractivity contribution in [2.45, 2.75) is 26.3 Å². The molecule has 0 aliphatic heterocycles. The molecule has 1 aromatic carbocycles. The molecule has 1 aromatic rings. The van der Waals surface area contributed by atoms with E-state index in [1.54, 1.807) is 18.2 Å². The molecule has 0 aromatic heterocycles. The molecule has 0 bridgehead atoms. The largest absolute Gasteiger partial charge is 0.366 e. The van der Waals surface area contributed by atoms with Crippen molar-refractivity contribution < 1.29 is 9.59 Å². The maximum absolute atomic E-state index is 11.8. The van der Waals surface area contributed by atoms with Crippen LogP contribution in [0.5, 0.6) is 0 Å². The molecule has 2 amide bonds. The Morgan fingerprint density at radius 1 is 1.39 bits per heavy atom. The molecule has 5 nitrogen and oxygen atoms in total.